The lowest BCUT2D eigenvalue weighted by atomic mass is 10.2. The van der Waals surface area contributed by atoms with Gasteiger partial charge >= 0.3 is 5.97 Å². The van der Waals surface area contributed by atoms with E-state index >= 15 is 0 Å². The van der Waals surface area contributed by atoms with Crippen LogP contribution >= 0.6 is 0 Å². The number of rotatable bonds is 6. The summed E-state index contributed by atoms with van der Waals surface area (Å²) in [7, 11) is 0. The van der Waals surface area contributed by atoms with Gasteiger partial charge in [0.25, 0.3) is 17.5 Å². The summed E-state index contributed by atoms with van der Waals surface area (Å²) in [5.41, 5.74) is 1.36. The summed E-state index contributed by atoms with van der Waals surface area (Å²) >= 11 is 0. The first-order chi connectivity index (χ1) is 14.2. The van der Waals surface area contributed by atoms with Gasteiger partial charge in [0.1, 0.15) is 12.3 Å². The number of carbonyl (C=O) groups is 3. The molecule has 2 aromatic rings. The van der Waals surface area contributed by atoms with E-state index in [0.717, 1.165) is 16.5 Å². The third-order valence-corrected chi connectivity index (χ3v) is 4.35. The van der Waals surface area contributed by atoms with Gasteiger partial charge in [0, 0.05) is 17.8 Å². The topological polar surface area (TPSA) is 128 Å². The number of anilines is 2. The van der Waals surface area contributed by atoms with E-state index in [0.29, 0.717) is 5.69 Å². The lowest BCUT2D eigenvalue weighted by Crippen LogP contribution is -2.43. The molecular formula is C20H19N3O7. The molecule has 0 saturated carbocycles. The number of fused-ring (bicyclic) bond motifs is 1. The third-order valence-electron chi connectivity index (χ3n) is 4.35. The van der Waals surface area contributed by atoms with Crippen LogP contribution in [-0.2, 0) is 19.1 Å². The number of hydrogen-bond acceptors (Lipinski definition) is 7. The van der Waals surface area contributed by atoms with Gasteiger partial charge in [-0.1, -0.05) is 12.1 Å². The number of nitrogens with one attached hydrogen (secondary N) is 1. The van der Waals surface area contributed by atoms with Crippen LogP contribution in [0.4, 0.5) is 17.1 Å². The summed E-state index contributed by atoms with van der Waals surface area (Å²) in [6, 6.07) is 10.9. The number of ether oxygens (including phenoxy) is 2. The van der Waals surface area contributed by atoms with Gasteiger partial charge in [-0.3, -0.25) is 29.4 Å². The Labute approximate surface area is 171 Å². The highest BCUT2D eigenvalue weighted by molar-refractivity contribution is 6.02. The standard InChI is InChI=1S/C20H19N3O7/c1-12-4-3-5-14(8-12)21-20(26)13(2)30-19(25)10-22-16-9-15(23(27)28)6-7-17(16)29-11-18(22)24/h3-9,13H,10-11H2,1-2H3,(H,21,26)/t13-/m1/s1. The fourth-order valence-corrected chi connectivity index (χ4v) is 2.86. The number of amides is 2. The van der Waals surface area contributed by atoms with Crippen LogP contribution in [0.15, 0.2) is 42.5 Å². The molecule has 0 bridgehead atoms. The normalized spacial score (nSPS) is 13.7. The van der Waals surface area contributed by atoms with Gasteiger partial charge in [0.2, 0.25) is 0 Å². The molecule has 2 aromatic carbocycles. The second kappa shape index (κ2) is 8.60. The molecule has 0 spiro atoms. The molecule has 0 saturated heterocycles. The number of hydrogen-bond donors (Lipinski definition) is 1. The molecule has 0 fully saturated rings. The average Bonchev–Trinajstić information content (AvgIpc) is 2.69. The number of non-ortho nitro benzene ring substituents is 1. The van der Waals surface area contributed by atoms with Crippen molar-refractivity contribution in [2.75, 3.05) is 23.4 Å². The Morgan fingerprint density at radius 1 is 1.30 bits per heavy atom. The van der Waals surface area contributed by atoms with Crippen LogP contribution in [0.3, 0.4) is 0 Å². The molecule has 1 N–H and O–H groups in total. The highest BCUT2D eigenvalue weighted by Crippen LogP contribution is 2.35. The van der Waals surface area contributed by atoms with E-state index in [2.05, 4.69) is 5.32 Å². The van der Waals surface area contributed by atoms with Crippen molar-refractivity contribution in [2.45, 2.75) is 20.0 Å². The minimum absolute atomic E-state index is 0.0919. The minimum Gasteiger partial charge on any atom is -0.482 e. The second-order valence-corrected chi connectivity index (χ2v) is 6.67. The summed E-state index contributed by atoms with van der Waals surface area (Å²) in [5.74, 6) is -1.69. The number of benzene rings is 2. The summed E-state index contributed by atoms with van der Waals surface area (Å²) in [4.78, 5) is 48.3. The second-order valence-electron chi connectivity index (χ2n) is 6.67. The number of nitrogens with zero attached hydrogens (tertiary/aromatic N) is 2. The van der Waals surface area contributed by atoms with Crippen molar-refractivity contribution in [2.24, 2.45) is 0 Å². The van der Waals surface area contributed by atoms with Gasteiger partial charge in [-0.05, 0) is 37.6 Å². The first-order valence-electron chi connectivity index (χ1n) is 9.03. The average molecular weight is 413 g/mol. The molecule has 3 rings (SSSR count). The molecule has 1 aliphatic heterocycles. The van der Waals surface area contributed by atoms with Gasteiger partial charge in [-0.25, -0.2) is 0 Å². The van der Waals surface area contributed by atoms with Crippen molar-refractivity contribution < 1.29 is 28.8 Å². The quantitative estimate of drug-likeness (QED) is 0.437. The largest absolute Gasteiger partial charge is 0.482 e. The summed E-state index contributed by atoms with van der Waals surface area (Å²) in [6.45, 7) is 2.45. The maximum absolute atomic E-state index is 12.3. The van der Waals surface area contributed by atoms with Crippen LogP contribution in [0.2, 0.25) is 0 Å². The Hall–Kier alpha value is -3.95. The fourth-order valence-electron chi connectivity index (χ4n) is 2.86. The van der Waals surface area contributed by atoms with Crippen molar-refractivity contribution in [3.8, 4) is 5.75 Å². The van der Waals surface area contributed by atoms with Crippen molar-refractivity contribution in [3.63, 3.8) is 0 Å². The Morgan fingerprint density at radius 2 is 2.07 bits per heavy atom. The molecular weight excluding hydrogens is 394 g/mol. The monoisotopic (exact) mass is 413 g/mol. The zero-order chi connectivity index (χ0) is 21.8. The number of esters is 1. The SMILES string of the molecule is Cc1cccc(NC(=O)[C@@H](C)OC(=O)CN2C(=O)COc3ccc([N+](=O)[O-])cc32)c1. The highest BCUT2D eigenvalue weighted by Gasteiger charge is 2.30. The number of nitro benzene ring substituents is 1. The maximum atomic E-state index is 12.3. The summed E-state index contributed by atoms with van der Waals surface area (Å²) in [5, 5.41) is 13.7. The molecule has 30 heavy (non-hydrogen) atoms. The molecule has 2 amide bonds. The van der Waals surface area contributed by atoms with E-state index < -0.39 is 35.4 Å². The van der Waals surface area contributed by atoms with Crippen LogP contribution in [0.5, 0.6) is 5.75 Å². The van der Waals surface area contributed by atoms with Crippen LogP contribution < -0.4 is 15.0 Å². The molecule has 156 valence electrons. The van der Waals surface area contributed by atoms with Gasteiger partial charge < -0.3 is 14.8 Å². The summed E-state index contributed by atoms with van der Waals surface area (Å²) < 4.78 is 10.4. The Bertz CT molecular complexity index is 1020. The van der Waals surface area contributed by atoms with E-state index in [9.17, 15) is 24.5 Å². The van der Waals surface area contributed by atoms with Crippen LogP contribution in [0.1, 0.15) is 12.5 Å². The number of nitro groups is 1. The minimum atomic E-state index is -1.11. The van der Waals surface area contributed by atoms with Crippen LogP contribution in [0, 0.1) is 17.0 Å². The predicted octanol–water partition coefficient (Wildman–Crippen LogP) is 2.20. The van der Waals surface area contributed by atoms with Crippen molar-refractivity contribution >= 4 is 34.8 Å². The molecule has 10 nitrogen and oxygen atoms in total. The summed E-state index contributed by atoms with van der Waals surface area (Å²) in [6.07, 6.45) is -1.11. The van der Waals surface area contributed by atoms with Crippen LogP contribution in [-0.4, -0.2) is 42.0 Å². The smallest absolute Gasteiger partial charge is 0.326 e. The van der Waals surface area contributed by atoms with Gasteiger partial charge in [-0.2, -0.15) is 0 Å². The molecule has 0 aliphatic carbocycles. The Morgan fingerprint density at radius 3 is 2.77 bits per heavy atom. The molecule has 0 radical (unpaired) electrons. The van der Waals surface area contributed by atoms with E-state index in [1.165, 1.54) is 19.1 Å². The zero-order valence-electron chi connectivity index (χ0n) is 16.3. The zero-order valence-corrected chi connectivity index (χ0v) is 16.3. The molecule has 0 unspecified atom stereocenters. The lowest BCUT2D eigenvalue weighted by molar-refractivity contribution is -0.384. The van der Waals surface area contributed by atoms with E-state index in [1.54, 1.807) is 18.2 Å². The highest BCUT2D eigenvalue weighted by atomic mass is 16.6. The van der Waals surface area contributed by atoms with Gasteiger partial charge in [0.15, 0.2) is 12.7 Å². The van der Waals surface area contributed by atoms with Crippen LogP contribution in [0.25, 0.3) is 0 Å². The van der Waals surface area contributed by atoms with Crippen molar-refractivity contribution in [3.05, 3.63) is 58.1 Å². The molecule has 1 heterocycles. The Kier molecular flexibility index (Phi) is 5.95. The molecule has 10 heteroatoms. The van der Waals surface area contributed by atoms with E-state index in [4.69, 9.17) is 9.47 Å². The molecule has 0 aromatic heterocycles. The number of aryl methyl sites for hydroxylation is 1. The number of carbonyl (C=O) groups excluding carboxylic acids is 3. The fraction of sp³-hybridized carbons (Fsp3) is 0.250. The Balaban J connectivity index is 1.67. The molecule has 1 atom stereocenters. The third kappa shape index (κ3) is 4.72. The molecule has 1 aliphatic rings. The van der Waals surface area contributed by atoms with Crippen molar-refractivity contribution in [1.82, 2.24) is 0 Å². The van der Waals surface area contributed by atoms with E-state index in [-0.39, 0.29) is 23.7 Å². The first kappa shape index (κ1) is 20.8. The first-order valence-corrected chi connectivity index (χ1v) is 9.03. The maximum Gasteiger partial charge on any atom is 0.326 e. The van der Waals surface area contributed by atoms with Gasteiger partial charge in [0.05, 0.1) is 10.6 Å². The lowest BCUT2D eigenvalue weighted by Gasteiger charge is -2.28. The van der Waals surface area contributed by atoms with Gasteiger partial charge in [-0.15, -0.1) is 0 Å². The van der Waals surface area contributed by atoms with Crippen molar-refractivity contribution in [1.29, 1.82) is 0 Å². The van der Waals surface area contributed by atoms with E-state index in [1.807, 2.05) is 13.0 Å². The predicted molar refractivity (Wildman–Crippen MR) is 106 cm³/mol.